The lowest BCUT2D eigenvalue weighted by Gasteiger charge is -2.22. The summed E-state index contributed by atoms with van der Waals surface area (Å²) in [6, 6.07) is 3.72. The van der Waals surface area contributed by atoms with Crippen molar-refractivity contribution in [2.75, 3.05) is 6.61 Å². The largest absolute Gasteiger partial charge is 0.481 e. The summed E-state index contributed by atoms with van der Waals surface area (Å²) in [5.41, 5.74) is -2.32. The van der Waals surface area contributed by atoms with Crippen LogP contribution in [-0.4, -0.2) is 22.8 Å². The second-order valence-corrected chi connectivity index (χ2v) is 3.87. The number of aliphatic hydroxyl groups is 1. The van der Waals surface area contributed by atoms with Gasteiger partial charge < -0.3 is 10.2 Å². The molecule has 0 amide bonds. The summed E-state index contributed by atoms with van der Waals surface area (Å²) in [6.07, 6.45) is -4.46. The maximum Gasteiger partial charge on any atom is 0.416 e. The first kappa shape index (κ1) is 13.5. The van der Waals surface area contributed by atoms with Crippen LogP contribution in [-0.2, 0) is 16.4 Å². The molecule has 1 aromatic rings. The van der Waals surface area contributed by atoms with Crippen molar-refractivity contribution in [1.29, 1.82) is 0 Å². The number of carbonyl (C=O) groups is 1. The number of aliphatic carboxylic acids is 1. The second-order valence-electron chi connectivity index (χ2n) is 3.87. The minimum Gasteiger partial charge on any atom is -0.481 e. The van der Waals surface area contributed by atoms with E-state index in [-0.39, 0.29) is 5.56 Å². The Hall–Kier alpha value is -1.56. The number of hydrogen-bond donors (Lipinski definition) is 2. The van der Waals surface area contributed by atoms with Gasteiger partial charge in [0.25, 0.3) is 0 Å². The SMILES string of the molecule is C[C@](CO)(C(=O)O)c1ccc(C(F)(F)F)cc1. The van der Waals surface area contributed by atoms with Crippen molar-refractivity contribution in [2.45, 2.75) is 18.5 Å². The molecule has 0 aliphatic rings. The third-order valence-corrected chi connectivity index (χ3v) is 2.64. The van der Waals surface area contributed by atoms with E-state index in [0.29, 0.717) is 0 Å². The molecule has 1 rings (SSSR count). The van der Waals surface area contributed by atoms with E-state index in [1.54, 1.807) is 0 Å². The van der Waals surface area contributed by atoms with E-state index >= 15 is 0 Å². The molecule has 0 unspecified atom stereocenters. The fourth-order valence-electron chi connectivity index (χ4n) is 1.31. The monoisotopic (exact) mass is 248 g/mol. The van der Waals surface area contributed by atoms with E-state index in [1.165, 1.54) is 6.92 Å². The number of benzene rings is 1. The molecule has 1 aromatic carbocycles. The fraction of sp³-hybridized carbons (Fsp3) is 0.364. The predicted octanol–water partition coefficient (Wildman–Crippen LogP) is 2.04. The summed E-state index contributed by atoms with van der Waals surface area (Å²) >= 11 is 0. The quantitative estimate of drug-likeness (QED) is 0.860. The van der Waals surface area contributed by atoms with Crippen LogP contribution >= 0.6 is 0 Å². The zero-order chi connectivity index (χ0) is 13.3. The molecule has 0 spiro atoms. The molecule has 0 aliphatic carbocycles. The molecule has 2 N–H and O–H groups in total. The number of alkyl halides is 3. The standard InChI is InChI=1S/C11H11F3O3/c1-10(6-15,9(16)17)7-2-4-8(5-3-7)11(12,13)14/h2-5,15H,6H2,1H3,(H,16,17)/t10-/m1/s1. The van der Waals surface area contributed by atoms with Gasteiger partial charge in [0.2, 0.25) is 0 Å². The van der Waals surface area contributed by atoms with Gasteiger partial charge in [-0.1, -0.05) is 12.1 Å². The summed E-state index contributed by atoms with van der Waals surface area (Å²) in [5, 5.41) is 18.0. The summed E-state index contributed by atoms with van der Waals surface area (Å²) in [6.45, 7) is 0.561. The number of carboxylic acids is 1. The average molecular weight is 248 g/mol. The van der Waals surface area contributed by atoms with Gasteiger partial charge >= 0.3 is 12.1 Å². The first-order chi connectivity index (χ1) is 7.71. The van der Waals surface area contributed by atoms with Crippen LogP contribution in [0, 0.1) is 0 Å². The number of aliphatic hydroxyl groups excluding tert-OH is 1. The molecule has 3 nitrogen and oxygen atoms in total. The third-order valence-electron chi connectivity index (χ3n) is 2.64. The molecule has 17 heavy (non-hydrogen) atoms. The Labute approximate surface area is 95.5 Å². The lowest BCUT2D eigenvalue weighted by Crippen LogP contribution is -2.36. The van der Waals surface area contributed by atoms with Gasteiger partial charge in [-0.05, 0) is 24.6 Å². The maximum absolute atomic E-state index is 12.3. The molecule has 1 atom stereocenters. The van der Waals surface area contributed by atoms with Crippen LogP contribution in [0.15, 0.2) is 24.3 Å². The Morgan fingerprint density at radius 3 is 1.88 bits per heavy atom. The first-order valence-electron chi connectivity index (χ1n) is 4.74. The summed E-state index contributed by atoms with van der Waals surface area (Å²) < 4.78 is 36.9. The molecule has 0 aromatic heterocycles. The van der Waals surface area contributed by atoms with Gasteiger partial charge in [0.15, 0.2) is 0 Å². The van der Waals surface area contributed by atoms with Crippen LogP contribution in [0.1, 0.15) is 18.1 Å². The lowest BCUT2D eigenvalue weighted by atomic mass is 9.83. The van der Waals surface area contributed by atoms with E-state index in [1.807, 2.05) is 0 Å². The Morgan fingerprint density at radius 1 is 1.18 bits per heavy atom. The highest BCUT2D eigenvalue weighted by atomic mass is 19.4. The average Bonchev–Trinajstić information content (AvgIpc) is 2.26. The molecule has 0 saturated carbocycles. The molecule has 0 radical (unpaired) electrons. The van der Waals surface area contributed by atoms with E-state index in [9.17, 15) is 18.0 Å². The van der Waals surface area contributed by atoms with Crippen molar-refractivity contribution in [3.63, 3.8) is 0 Å². The highest BCUT2D eigenvalue weighted by molar-refractivity contribution is 5.81. The number of hydrogen-bond acceptors (Lipinski definition) is 2. The van der Waals surface area contributed by atoms with Crippen molar-refractivity contribution >= 4 is 5.97 Å². The maximum atomic E-state index is 12.3. The van der Waals surface area contributed by atoms with Crippen molar-refractivity contribution in [3.8, 4) is 0 Å². The van der Waals surface area contributed by atoms with Crippen LogP contribution in [0.3, 0.4) is 0 Å². The van der Waals surface area contributed by atoms with Crippen molar-refractivity contribution in [3.05, 3.63) is 35.4 Å². The molecule has 0 saturated heterocycles. The second kappa shape index (κ2) is 4.37. The predicted molar refractivity (Wildman–Crippen MR) is 53.5 cm³/mol. The van der Waals surface area contributed by atoms with Gasteiger partial charge in [-0.15, -0.1) is 0 Å². The molecule has 0 heterocycles. The zero-order valence-electron chi connectivity index (χ0n) is 8.95. The third kappa shape index (κ3) is 2.58. The topological polar surface area (TPSA) is 57.5 Å². The van der Waals surface area contributed by atoms with Gasteiger partial charge in [-0.3, -0.25) is 4.79 Å². The summed E-state index contributed by atoms with van der Waals surface area (Å²) in [4.78, 5) is 11.0. The molecule has 0 fully saturated rings. The van der Waals surface area contributed by atoms with Crippen LogP contribution in [0.4, 0.5) is 13.2 Å². The molecule has 0 bridgehead atoms. The van der Waals surface area contributed by atoms with Gasteiger partial charge in [-0.25, -0.2) is 0 Å². The normalized spacial score (nSPS) is 15.4. The Morgan fingerprint density at radius 2 is 1.59 bits per heavy atom. The minimum absolute atomic E-state index is 0.125. The Kier molecular flexibility index (Phi) is 3.47. The first-order valence-corrected chi connectivity index (χ1v) is 4.74. The smallest absolute Gasteiger partial charge is 0.416 e. The number of halogens is 3. The van der Waals surface area contributed by atoms with Gasteiger partial charge in [0.1, 0.15) is 5.41 Å². The highest BCUT2D eigenvalue weighted by Gasteiger charge is 2.36. The van der Waals surface area contributed by atoms with Gasteiger partial charge in [0, 0.05) is 0 Å². The zero-order valence-corrected chi connectivity index (χ0v) is 8.95. The van der Waals surface area contributed by atoms with Crippen LogP contribution in [0.25, 0.3) is 0 Å². The molecule has 6 heteroatoms. The molecular weight excluding hydrogens is 237 g/mol. The van der Waals surface area contributed by atoms with Crippen LogP contribution in [0.5, 0.6) is 0 Å². The molecule has 94 valence electrons. The van der Waals surface area contributed by atoms with Crippen LogP contribution in [0.2, 0.25) is 0 Å². The van der Waals surface area contributed by atoms with E-state index < -0.39 is 29.7 Å². The van der Waals surface area contributed by atoms with Crippen molar-refractivity contribution in [2.24, 2.45) is 0 Å². The van der Waals surface area contributed by atoms with Gasteiger partial charge in [0.05, 0.1) is 12.2 Å². The van der Waals surface area contributed by atoms with Crippen molar-refractivity contribution < 1.29 is 28.2 Å². The van der Waals surface area contributed by atoms with E-state index in [0.717, 1.165) is 24.3 Å². The summed E-state index contributed by atoms with van der Waals surface area (Å²) in [7, 11) is 0. The highest BCUT2D eigenvalue weighted by Crippen LogP contribution is 2.31. The summed E-state index contributed by atoms with van der Waals surface area (Å²) in [5.74, 6) is -1.29. The Bertz CT molecular complexity index is 411. The van der Waals surface area contributed by atoms with Crippen molar-refractivity contribution in [1.82, 2.24) is 0 Å². The molecular formula is C11H11F3O3. The van der Waals surface area contributed by atoms with E-state index in [2.05, 4.69) is 0 Å². The van der Waals surface area contributed by atoms with E-state index in [4.69, 9.17) is 10.2 Å². The lowest BCUT2D eigenvalue weighted by molar-refractivity contribution is -0.144. The van der Waals surface area contributed by atoms with Crippen LogP contribution < -0.4 is 0 Å². The molecule has 0 aliphatic heterocycles. The fourth-order valence-corrected chi connectivity index (χ4v) is 1.31. The minimum atomic E-state index is -4.46. The number of carboxylic acid groups (broad SMARTS) is 1. The number of rotatable bonds is 3. The van der Waals surface area contributed by atoms with Gasteiger partial charge in [-0.2, -0.15) is 13.2 Å². The Balaban J connectivity index is 3.14.